The van der Waals surface area contributed by atoms with E-state index in [9.17, 15) is 5.21 Å². The molecule has 70 valence electrons. The highest BCUT2D eigenvalue weighted by Crippen LogP contribution is 2.24. The van der Waals surface area contributed by atoms with Crippen LogP contribution in [0.4, 0.5) is 0 Å². The van der Waals surface area contributed by atoms with Crippen LogP contribution >= 0.6 is 0 Å². The van der Waals surface area contributed by atoms with Crippen molar-refractivity contribution in [3.63, 3.8) is 0 Å². The van der Waals surface area contributed by atoms with Crippen molar-refractivity contribution in [2.75, 3.05) is 0 Å². The summed E-state index contributed by atoms with van der Waals surface area (Å²) in [7, 11) is 0. The molecule has 0 amide bonds. The summed E-state index contributed by atoms with van der Waals surface area (Å²) in [5.74, 6) is -0.447. The zero-order chi connectivity index (χ0) is 9.84. The third kappa shape index (κ3) is 2.43. The van der Waals surface area contributed by atoms with Crippen molar-refractivity contribution in [1.29, 1.82) is 0 Å². The molecule has 0 aliphatic rings. The van der Waals surface area contributed by atoms with E-state index >= 15 is 0 Å². The fraction of sp³-hybridized carbons (Fsp3) is 0.125. The average Bonchev–Trinajstić information content (AvgIpc) is 2.11. The van der Waals surface area contributed by atoms with Crippen molar-refractivity contribution in [2.24, 2.45) is 5.10 Å². The maximum Gasteiger partial charge on any atom is 0.157 e. The highest BCUT2D eigenvalue weighted by molar-refractivity contribution is 5.40. The summed E-state index contributed by atoms with van der Waals surface area (Å²) < 4.78 is 0. The summed E-state index contributed by atoms with van der Waals surface area (Å²) in [4.78, 5) is 0. The lowest BCUT2D eigenvalue weighted by atomic mass is 10.2. The number of rotatable bonds is 3. The van der Waals surface area contributed by atoms with Crippen LogP contribution in [0.1, 0.15) is 5.56 Å². The van der Waals surface area contributed by atoms with Gasteiger partial charge < -0.3 is 15.4 Å². The van der Waals surface area contributed by atoms with Crippen LogP contribution in [0.15, 0.2) is 23.3 Å². The van der Waals surface area contributed by atoms with Crippen molar-refractivity contribution >= 4 is 6.72 Å². The molecule has 1 rings (SSSR count). The Hall–Kier alpha value is -1.59. The molecule has 0 aliphatic heterocycles. The maximum absolute atomic E-state index is 10.8. The molecule has 1 unspecified atom stereocenters. The zero-order valence-corrected chi connectivity index (χ0v) is 6.90. The average molecular weight is 182 g/mol. The summed E-state index contributed by atoms with van der Waals surface area (Å²) in [6.07, 6.45) is 0. The molecule has 0 aromatic heterocycles. The minimum Gasteiger partial charge on any atom is -0.606 e. The molecule has 0 aliphatic carbocycles. The van der Waals surface area contributed by atoms with Gasteiger partial charge >= 0.3 is 0 Å². The van der Waals surface area contributed by atoms with Crippen LogP contribution in [0, 0.1) is 5.21 Å². The summed E-state index contributed by atoms with van der Waals surface area (Å²) in [6, 6.07) is 4.18. The molecular formula is C8H10N2O3. The fourth-order valence-corrected chi connectivity index (χ4v) is 0.909. The van der Waals surface area contributed by atoms with Gasteiger partial charge in [-0.3, -0.25) is 0 Å². The van der Waals surface area contributed by atoms with E-state index in [-0.39, 0.29) is 23.2 Å². The van der Waals surface area contributed by atoms with Crippen LogP contribution in [0.3, 0.4) is 0 Å². The lowest BCUT2D eigenvalue weighted by Crippen LogP contribution is -3.00. The Morgan fingerprint density at radius 1 is 1.38 bits per heavy atom. The quantitative estimate of drug-likeness (QED) is 0.338. The monoisotopic (exact) mass is 182 g/mol. The van der Waals surface area contributed by atoms with E-state index in [0.717, 1.165) is 0 Å². The van der Waals surface area contributed by atoms with Gasteiger partial charge in [0, 0.05) is 12.3 Å². The SMILES string of the molecule is C=N[NH+]([O-])Cc1ccc(O)c(O)c1. The van der Waals surface area contributed by atoms with Gasteiger partial charge in [-0.05, 0) is 18.2 Å². The van der Waals surface area contributed by atoms with Crippen molar-refractivity contribution in [3.05, 3.63) is 29.0 Å². The van der Waals surface area contributed by atoms with Gasteiger partial charge in [0.15, 0.2) is 11.5 Å². The van der Waals surface area contributed by atoms with E-state index in [1.165, 1.54) is 18.2 Å². The molecule has 13 heavy (non-hydrogen) atoms. The molecule has 0 bridgehead atoms. The van der Waals surface area contributed by atoms with Gasteiger partial charge in [-0.15, -0.1) is 0 Å². The summed E-state index contributed by atoms with van der Waals surface area (Å²) in [6.45, 7) is 3.17. The number of phenols is 2. The number of hydrogen-bond donors (Lipinski definition) is 3. The van der Waals surface area contributed by atoms with Crippen LogP contribution in [0.5, 0.6) is 11.5 Å². The number of phenolic OH excluding ortho intramolecular Hbond substituents is 2. The molecule has 0 radical (unpaired) electrons. The topological polar surface area (TPSA) is 80.3 Å². The Morgan fingerprint density at radius 3 is 2.62 bits per heavy atom. The van der Waals surface area contributed by atoms with Crippen molar-refractivity contribution in [2.45, 2.75) is 6.54 Å². The predicted molar refractivity (Wildman–Crippen MR) is 47.4 cm³/mol. The third-order valence-corrected chi connectivity index (χ3v) is 1.57. The van der Waals surface area contributed by atoms with E-state index in [4.69, 9.17) is 10.2 Å². The van der Waals surface area contributed by atoms with Gasteiger partial charge in [0.2, 0.25) is 0 Å². The van der Waals surface area contributed by atoms with Crippen molar-refractivity contribution < 1.29 is 15.4 Å². The Kier molecular flexibility index (Phi) is 2.84. The second-order valence-corrected chi connectivity index (χ2v) is 2.55. The first-order chi connectivity index (χ1) is 6.13. The molecule has 0 spiro atoms. The molecule has 0 fully saturated rings. The maximum atomic E-state index is 10.8. The van der Waals surface area contributed by atoms with E-state index < -0.39 is 0 Å². The highest BCUT2D eigenvalue weighted by atomic mass is 16.5. The van der Waals surface area contributed by atoms with E-state index in [2.05, 4.69) is 11.8 Å². The van der Waals surface area contributed by atoms with Crippen LogP contribution in [-0.4, -0.2) is 16.9 Å². The van der Waals surface area contributed by atoms with Crippen molar-refractivity contribution in [3.8, 4) is 11.5 Å². The Balaban J connectivity index is 2.79. The van der Waals surface area contributed by atoms with E-state index in [1.54, 1.807) is 0 Å². The zero-order valence-electron chi connectivity index (χ0n) is 6.90. The number of benzene rings is 1. The van der Waals surface area contributed by atoms with Crippen LogP contribution < -0.4 is 5.17 Å². The molecule has 1 atom stereocenters. The molecule has 0 heterocycles. The summed E-state index contributed by atoms with van der Waals surface area (Å²) >= 11 is 0. The smallest absolute Gasteiger partial charge is 0.157 e. The molecule has 5 nitrogen and oxygen atoms in total. The van der Waals surface area contributed by atoms with Gasteiger partial charge in [-0.1, -0.05) is 5.10 Å². The third-order valence-electron chi connectivity index (χ3n) is 1.57. The van der Waals surface area contributed by atoms with E-state index in [1.807, 2.05) is 0 Å². The van der Waals surface area contributed by atoms with Gasteiger partial charge in [0.25, 0.3) is 0 Å². The first kappa shape index (κ1) is 9.50. The van der Waals surface area contributed by atoms with Crippen LogP contribution in [0.25, 0.3) is 0 Å². The molecule has 0 saturated heterocycles. The second kappa shape index (κ2) is 3.88. The standard InChI is InChI=1S/C8H10N2O3/c1-9-10(13)5-6-2-3-7(11)8(12)4-6/h2-4,10-12H,1,5H2. The Morgan fingerprint density at radius 2 is 2.08 bits per heavy atom. The minimum atomic E-state index is -0.370. The molecule has 5 heteroatoms. The molecule has 3 N–H and O–H groups in total. The number of hydrogen-bond acceptors (Lipinski definition) is 4. The first-order valence-electron chi connectivity index (χ1n) is 3.64. The highest BCUT2D eigenvalue weighted by Gasteiger charge is 2.02. The minimum absolute atomic E-state index is 0.0807. The Labute approximate surface area is 75.1 Å². The Bertz CT molecular complexity index is 314. The number of hydroxylamine groups is 1. The number of quaternary nitrogens is 1. The molecule has 1 aromatic rings. The van der Waals surface area contributed by atoms with Crippen molar-refractivity contribution in [1.82, 2.24) is 0 Å². The van der Waals surface area contributed by atoms with Gasteiger partial charge in [-0.25, -0.2) is 5.17 Å². The van der Waals surface area contributed by atoms with Gasteiger partial charge in [-0.2, -0.15) is 0 Å². The summed E-state index contributed by atoms with van der Waals surface area (Å²) in [5, 5.41) is 31.7. The van der Waals surface area contributed by atoms with Crippen LogP contribution in [0.2, 0.25) is 0 Å². The number of nitrogens with one attached hydrogen (secondary N) is 1. The lowest BCUT2D eigenvalue weighted by Gasteiger charge is -2.13. The number of aromatic hydroxyl groups is 2. The lowest BCUT2D eigenvalue weighted by molar-refractivity contribution is -0.868. The fourth-order valence-electron chi connectivity index (χ4n) is 0.909. The predicted octanol–water partition coefficient (Wildman–Crippen LogP) is -0.404. The number of nitrogens with zero attached hydrogens (tertiary/aromatic N) is 1. The van der Waals surface area contributed by atoms with Gasteiger partial charge in [0.05, 0.1) is 0 Å². The van der Waals surface area contributed by atoms with E-state index in [0.29, 0.717) is 5.56 Å². The first-order valence-corrected chi connectivity index (χ1v) is 3.64. The van der Waals surface area contributed by atoms with Crippen LogP contribution in [-0.2, 0) is 6.54 Å². The molecular weight excluding hydrogens is 172 g/mol. The second-order valence-electron chi connectivity index (χ2n) is 2.55. The normalized spacial score (nSPS) is 12.4. The largest absolute Gasteiger partial charge is 0.606 e. The summed E-state index contributed by atoms with van der Waals surface area (Å²) in [5.41, 5.74) is 0.590. The van der Waals surface area contributed by atoms with Gasteiger partial charge in [0.1, 0.15) is 6.54 Å². The molecule has 0 saturated carbocycles. The molecule has 1 aromatic carbocycles.